The van der Waals surface area contributed by atoms with Crippen LogP contribution >= 0.6 is 0 Å². The van der Waals surface area contributed by atoms with Crippen molar-refractivity contribution in [2.24, 2.45) is 5.84 Å². The minimum absolute atomic E-state index is 0.471. The molecule has 1 aromatic heterocycles. The zero-order valence-electron chi connectivity index (χ0n) is 12.7. The summed E-state index contributed by atoms with van der Waals surface area (Å²) >= 11 is 0. The number of nitrogens with one attached hydrogen (secondary N) is 1. The lowest BCUT2D eigenvalue weighted by atomic mass is 10.2. The predicted octanol–water partition coefficient (Wildman–Crippen LogP) is 3.43. The molecule has 1 heterocycles. The number of hydrazine groups is 1. The lowest BCUT2D eigenvalue weighted by Gasteiger charge is -2.08. The Morgan fingerprint density at radius 2 is 2.09 bits per heavy atom. The molecule has 1 aromatic carbocycles. The molecule has 0 atom stereocenters. The van der Waals surface area contributed by atoms with E-state index in [0.717, 1.165) is 24.9 Å². The molecule has 0 fully saturated rings. The molecule has 0 radical (unpaired) electrons. The first kappa shape index (κ1) is 15.8. The summed E-state index contributed by atoms with van der Waals surface area (Å²) in [6.07, 6.45) is 3.77. The highest BCUT2D eigenvalue weighted by Crippen LogP contribution is 2.24. The van der Waals surface area contributed by atoms with Crippen LogP contribution in [0.2, 0.25) is 0 Å². The number of pyridine rings is 1. The molecule has 0 amide bonds. The number of aromatic nitrogens is 1. The van der Waals surface area contributed by atoms with Gasteiger partial charge in [-0.25, -0.2) is 10.8 Å². The van der Waals surface area contributed by atoms with Gasteiger partial charge in [-0.2, -0.15) is 0 Å². The molecule has 0 aliphatic carbocycles. The van der Waals surface area contributed by atoms with Crippen molar-refractivity contribution in [3.05, 3.63) is 58.6 Å². The second-order valence-corrected chi connectivity index (χ2v) is 4.80. The van der Waals surface area contributed by atoms with Gasteiger partial charge in [-0.1, -0.05) is 42.1 Å². The van der Waals surface area contributed by atoms with E-state index in [0.29, 0.717) is 23.7 Å². The number of unbranched alkanes of at least 4 members (excludes halogenated alkanes) is 1. The predicted molar refractivity (Wildman–Crippen MR) is 88.9 cm³/mol. The average Bonchev–Trinajstić information content (AvgIpc) is 2.58. The summed E-state index contributed by atoms with van der Waals surface area (Å²) < 4.78 is 5.86. The number of nitrogens with two attached hydrogens (primary N) is 1. The SMILES string of the molecule is CCCC[N+]#Cc1c(OCc2ccccc2)ccnc1NN. The van der Waals surface area contributed by atoms with Gasteiger partial charge in [0.2, 0.25) is 0 Å². The normalized spacial score (nSPS) is 9.73. The molecule has 3 N–H and O–H groups in total. The van der Waals surface area contributed by atoms with Gasteiger partial charge < -0.3 is 10.2 Å². The Morgan fingerprint density at radius 1 is 1.27 bits per heavy atom. The molecule has 22 heavy (non-hydrogen) atoms. The van der Waals surface area contributed by atoms with E-state index in [4.69, 9.17) is 10.6 Å². The standard InChI is InChI=1S/C17H20N4O/c1-2-3-10-19-12-15-16(9-11-20-17(15)21-18)22-13-14-7-5-4-6-8-14/h4-9,11H,2-3,10,13,18H2,1H3/p+1. The first-order valence-electron chi connectivity index (χ1n) is 7.40. The molecule has 0 bridgehead atoms. The average molecular weight is 297 g/mol. The van der Waals surface area contributed by atoms with E-state index in [1.165, 1.54) is 0 Å². The number of benzene rings is 1. The van der Waals surface area contributed by atoms with Crippen molar-refractivity contribution >= 4 is 5.82 Å². The summed E-state index contributed by atoms with van der Waals surface area (Å²) in [5, 5.41) is 0. The van der Waals surface area contributed by atoms with Gasteiger partial charge in [-0.3, -0.25) is 0 Å². The zero-order chi connectivity index (χ0) is 15.6. The van der Waals surface area contributed by atoms with Gasteiger partial charge in [0.15, 0.2) is 11.4 Å². The molecule has 0 aliphatic rings. The molecule has 114 valence electrons. The Labute approximate surface area is 130 Å². The lowest BCUT2D eigenvalue weighted by Crippen LogP contribution is -2.11. The molecule has 2 rings (SSSR count). The molecule has 0 spiro atoms. The quantitative estimate of drug-likeness (QED) is 0.487. The van der Waals surface area contributed by atoms with Crippen molar-refractivity contribution in [3.63, 3.8) is 0 Å². The Kier molecular flexibility index (Phi) is 6.21. The van der Waals surface area contributed by atoms with Crippen molar-refractivity contribution < 1.29 is 4.74 Å². The van der Waals surface area contributed by atoms with Gasteiger partial charge in [-0.15, -0.1) is 0 Å². The van der Waals surface area contributed by atoms with Gasteiger partial charge in [0.1, 0.15) is 12.4 Å². The molecule has 5 nitrogen and oxygen atoms in total. The van der Waals surface area contributed by atoms with Crippen LogP contribution in [0.25, 0.3) is 4.85 Å². The van der Waals surface area contributed by atoms with E-state index in [-0.39, 0.29) is 0 Å². The highest BCUT2D eigenvalue weighted by molar-refractivity contribution is 5.59. The maximum atomic E-state index is 5.86. The van der Waals surface area contributed by atoms with Crippen molar-refractivity contribution in [1.29, 1.82) is 0 Å². The van der Waals surface area contributed by atoms with Crippen LogP contribution < -0.4 is 16.0 Å². The van der Waals surface area contributed by atoms with Crippen molar-refractivity contribution in [2.45, 2.75) is 26.4 Å². The number of ether oxygens (including phenoxy) is 1. The van der Waals surface area contributed by atoms with Crippen LogP contribution in [0, 0.1) is 6.07 Å². The molecular formula is C17H21N4O+. The summed E-state index contributed by atoms with van der Waals surface area (Å²) in [4.78, 5) is 8.46. The summed E-state index contributed by atoms with van der Waals surface area (Å²) in [7, 11) is 0. The van der Waals surface area contributed by atoms with E-state index >= 15 is 0 Å². The first-order chi connectivity index (χ1) is 10.8. The summed E-state index contributed by atoms with van der Waals surface area (Å²) in [6.45, 7) is 3.33. The molecule has 5 heteroatoms. The Balaban J connectivity index is 2.16. The van der Waals surface area contributed by atoms with E-state index in [2.05, 4.69) is 28.2 Å². The Bertz CT molecular complexity index is 647. The van der Waals surface area contributed by atoms with Crippen molar-refractivity contribution in [2.75, 3.05) is 12.0 Å². The largest absolute Gasteiger partial charge is 0.487 e. The van der Waals surface area contributed by atoms with E-state index < -0.39 is 0 Å². The van der Waals surface area contributed by atoms with Crippen LogP contribution in [0.4, 0.5) is 5.82 Å². The lowest BCUT2D eigenvalue weighted by molar-refractivity contribution is 0.305. The van der Waals surface area contributed by atoms with Gasteiger partial charge in [0.05, 0.1) is 0 Å². The number of nitrogens with zero attached hydrogens (tertiary/aromatic N) is 2. The Morgan fingerprint density at radius 3 is 2.82 bits per heavy atom. The molecule has 0 saturated carbocycles. The summed E-state index contributed by atoms with van der Waals surface area (Å²) in [5.41, 5.74) is 4.30. The second kappa shape index (κ2) is 8.65. The van der Waals surface area contributed by atoms with Crippen LogP contribution in [-0.4, -0.2) is 11.5 Å². The zero-order valence-corrected chi connectivity index (χ0v) is 12.7. The fourth-order valence-corrected chi connectivity index (χ4v) is 1.89. The third-order valence-corrected chi connectivity index (χ3v) is 3.10. The van der Waals surface area contributed by atoms with E-state index in [1.54, 1.807) is 12.3 Å². The monoisotopic (exact) mass is 297 g/mol. The Hall–Kier alpha value is -2.58. The number of anilines is 1. The molecule has 0 saturated heterocycles. The number of nitrogen functional groups attached to an aromatic ring is 1. The molecule has 2 aromatic rings. The van der Waals surface area contributed by atoms with Crippen LogP contribution in [0.15, 0.2) is 42.6 Å². The number of hydrogen-bond acceptors (Lipinski definition) is 4. The number of hydrogen-bond donors (Lipinski definition) is 2. The number of rotatable bonds is 6. The van der Waals surface area contributed by atoms with Crippen LogP contribution in [0.3, 0.4) is 0 Å². The van der Waals surface area contributed by atoms with E-state index in [1.807, 2.05) is 30.3 Å². The van der Waals surface area contributed by atoms with Crippen LogP contribution in [-0.2, 0) is 6.61 Å². The summed E-state index contributed by atoms with van der Waals surface area (Å²) in [6, 6.07) is 14.8. The molecule has 0 unspecified atom stereocenters. The molecular weight excluding hydrogens is 276 g/mol. The van der Waals surface area contributed by atoms with Gasteiger partial charge in [0, 0.05) is 18.7 Å². The van der Waals surface area contributed by atoms with Crippen molar-refractivity contribution in [1.82, 2.24) is 4.98 Å². The topological polar surface area (TPSA) is 64.5 Å². The second-order valence-electron chi connectivity index (χ2n) is 4.80. The van der Waals surface area contributed by atoms with Crippen LogP contribution in [0.5, 0.6) is 5.75 Å². The molecule has 0 aliphatic heterocycles. The summed E-state index contributed by atoms with van der Waals surface area (Å²) in [5.74, 6) is 6.67. The van der Waals surface area contributed by atoms with E-state index in [9.17, 15) is 0 Å². The highest BCUT2D eigenvalue weighted by atomic mass is 16.5. The third-order valence-electron chi connectivity index (χ3n) is 3.10. The maximum Gasteiger partial charge on any atom is 0.319 e. The maximum absolute atomic E-state index is 5.86. The third kappa shape index (κ3) is 4.47. The van der Waals surface area contributed by atoms with Gasteiger partial charge in [0.25, 0.3) is 6.54 Å². The van der Waals surface area contributed by atoms with Crippen molar-refractivity contribution in [3.8, 4) is 11.8 Å². The van der Waals surface area contributed by atoms with Crippen LogP contribution in [0.1, 0.15) is 30.9 Å². The van der Waals surface area contributed by atoms with Gasteiger partial charge >= 0.3 is 6.07 Å². The fourth-order valence-electron chi connectivity index (χ4n) is 1.89. The fraction of sp³-hybridized carbons (Fsp3) is 0.294. The first-order valence-corrected chi connectivity index (χ1v) is 7.40. The minimum Gasteiger partial charge on any atom is -0.487 e. The smallest absolute Gasteiger partial charge is 0.319 e. The van der Waals surface area contributed by atoms with Gasteiger partial charge in [-0.05, 0) is 12.0 Å². The highest BCUT2D eigenvalue weighted by Gasteiger charge is 2.13. The minimum atomic E-state index is 0.471.